The molecular weight excluding hydrogens is 262 g/mol. The van der Waals surface area contributed by atoms with Gasteiger partial charge in [0.15, 0.2) is 0 Å². The number of hydrazine groups is 1. The van der Waals surface area contributed by atoms with Gasteiger partial charge in [-0.05, 0) is 5.92 Å². The van der Waals surface area contributed by atoms with Crippen LogP contribution in [-0.2, 0) is 4.79 Å². The molecule has 1 aromatic heterocycles. The molecule has 20 heavy (non-hydrogen) atoms. The zero-order valence-electron chi connectivity index (χ0n) is 11.9. The third-order valence-electron chi connectivity index (χ3n) is 2.27. The van der Waals surface area contributed by atoms with Crippen LogP contribution in [0.2, 0.25) is 0 Å². The maximum absolute atomic E-state index is 11.5. The molecule has 0 aliphatic carbocycles. The molecule has 1 rings (SSSR count). The smallest absolute Gasteiger partial charge is 0.322 e. The first kappa shape index (κ1) is 15.9. The SMILES string of the molecule is COc1nc(NN)nc(NCCC(=O)NCC(C)C)n1. The monoisotopic (exact) mass is 283 g/mol. The van der Waals surface area contributed by atoms with Crippen molar-refractivity contribution < 1.29 is 9.53 Å². The average Bonchev–Trinajstić information content (AvgIpc) is 2.44. The molecule has 0 atom stereocenters. The Hall–Kier alpha value is -2.16. The largest absolute Gasteiger partial charge is 0.467 e. The van der Waals surface area contributed by atoms with E-state index >= 15 is 0 Å². The Morgan fingerprint density at radius 3 is 2.60 bits per heavy atom. The van der Waals surface area contributed by atoms with Crippen LogP contribution in [0, 0.1) is 5.92 Å². The van der Waals surface area contributed by atoms with Crippen molar-refractivity contribution in [3.63, 3.8) is 0 Å². The normalized spacial score (nSPS) is 10.2. The van der Waals surface area contributed by atoms with Crippen molar-refractivity contribution in [1.82, 2.24) is 20.3 Å². The molecule has 1 aromatic rings. The molecule has 0 spiro atoms. The Kier molecular flexibility index (Phi) is 6.44. The average molecular weight is 283 g/mol. The fourth-order valence-electron chi connectivity index (χ4n) is 1.29. The summed E-state index contributed by atoms with van der Waals surface area (Å²) in [6.07, 6.45) is 0.326. The van der Waals surface area contributed by atoms with E-state index in [1.54, 1.807) is 0 Å². The van der Waals surface area contributed by atoms with Gasteiger partial charge >= 0.3 is 6.01 Å². The van der Waals surface area contributed by atoms with Crippen LogP contribution in [0.15, 0.2) is 0 Å². The number of amides is 1. The molecule has 0 fully saturated rings. The molecule has 0 unspecified atom stereocenters. The summed E-state index contributed by atoms with van der Waals surface area (Å²) in [4.78, 5) is 23.4. The van der Waals surface area contributed by atoms with E-state index in [1.165, 1.54) is 7.11 Å². The van der Waals surface area contributed by atoms with Crippen molar-refractivity contribution in [1.29, 1.82) is 0 Å². The summed E-state index contributed by atoms with van der Waals surface area (Å²) < 4.78 is 4.91. The van der Waals surface area contributed by atoms with Gasteiger partial charge in [-0.3, -0.25) is 10.2 Å². The second-order valence-corrected chi connectivity index (χ2v) is 4.49. The Labute approximate surface area is 117 Å². The Morgan fingerprint density at radius 1 is 1.30 bits per heavy atom. The number of nitrogens with zero attached hydrogens (tertiary/aromatic N) is 3. The summed E-state index contributed by atoms with van der Waals surface area (Å²) in [5.74, 6) is 6.12. The standard InChI is InChI=1S/C11H21N7O2/c1-7(2)6-14-8(19)4-5-13-9-15-10(18-12)17-11(16-9)20-3/h7H,4-6,12H2,1-3H3,(H,14,19)(H2,13,15,16,17,18). The molecule has 0 radical (unpaired) electrons. The van der Waals surface area contributed by atoms with Crippen LogP contribution in [0.4, 0.5) is 11.9 Å². The summed E-state index contributed by atoms with van der Waals surface area (Å²) in [5.41, 5.74) is 2.31. The third-order valence-corrected chi connectivity index (χ3v) is 2.27. The highest BCUT2D eigenvalue weighted by atomic mass is 16.5. The fourth-order valence-corrected chi connectivity index (χ4v) is 1.29. The Morgan fingerprint density at radius 2 is 2.00 bits per heavy atom. The zero-order chi connectivity index (χ0) is 15.0. The van der Waals surface area contributed by atoms with E-state index in [9.17, 15) is 4.79 Å². The van der Waals surface area contributed by atoms with Gasteiger partial charge in [-0.15, -0.1) is 0 Å². The molecule has 0 saturated carbocycles. The van der Waals surface area contributed by atoms with Crippen LogP contribution < -0.4 is 26.6 Å². The van der Waals surface area contributed by atoms with E-state index in [1.807, 2.05) is 13.8 Å². The van der Waals surface area contributed by atoms with Gasteiger partial charge in [-0.25, -0.2) is 5.84 Å². The van der Waals surface area contributed by atoms with Crippen molar-refractivity contribution in [3.05, 3.63) is 0 Å². The quantitative estimate of drug-likeness (QED) is 0.379. The van der Waals surface area contributed by atoms with Gasteiger partial charge in [0, 0.05) is 19.5 Å². The van der Waals surface area contributed by atoms with Gasteiger partial charge in [-0.2, -0.15) is 15.0 Å². The number of nitrogens with one attached hydrogen (secondary N) is 3. The number of ether oxygens (including phenoxy) is 1. The van der Waals surface area contributed by atoms with Crippen LogP contribution >= 0.6 is 0 Å². The molecule has 0 aliphatic heterocycles. The lowest BCUT2D eigenvalue weighted by Crippen LogP contribution is -2.28. The number of aromatic nitrogens is 3. The molecule has 0 aromatic carbocycles. The summed E-state index contributed by atoms with van der Waals surface area (Å²) in [6.45, 7) is 5.15. The number of hydrogen-bond acceptors (Lipinski definition) is 8. The number of methoxy groups -OCH3 is 1. The minimum atomic E-state index is -0.0237. The highest BCUT2D eigenvalue weighted by molar-refractivity contribution is 5.76. The summed E-state index contributed by atoms with van der Waals surface area (Å²) in [5, 5.41) is 5.74. The van der Waals surface area contributed by atoms with Gasteiger partial charge < -0.3 is 15.4 Å². The van der Waals surface area contributed by atoms with E-state index in [2.05, 4.69) is 31.0 Å². The van der Waals surface area contributed by atoms with Crippen LogP contribution in [0.1, 0.15) is 20.3 Å². The van der Waals surface area contributed by atoms with Crippen molar-refractivity contribution in [3.8, 4) is 6.01 Å². The van der Waals surface area contributed by atoms with Gasteiger partial charge in [0.1, 0.15) is 0 Å². The lowest BCUT2D eigenvalue weighted by Gasteiger charge is -2.09. The van der Waals surface area contributed by atoms with E-state index in [-0.39, 0.29) is 17.9 Å². The number of rotatable bonds is 8. The number of carbonyl (C=O) groups is 1. The van der Waals surface area contributed by atoms with Crippen molar-refractivity contribution in [2.45, 2.75) is 20.3 Å². The molecule has 1 heterocycles. The minimum Gasteiger partial charge on any atom is -0.467 e. The number of carbonyl (C=O) groups excluding carboxylic acids is 1. The van der Waals surface area contributed by atoms with Crippen LogP contribution in [0.3, 0.4) is 0 Å². The molecule has 0 saturated heterocycles. The predicted octanol–water partition coefficient (Wildman–Crippen LogP) is -0.260. The Bertz CT molecular complexity index is 417. The topological polar surface area (TPSA) is 127 Å². The Balaban J connectivity index is 2.43. The van der Waals surface area contributed by atoms with E-state index in [0.717, 1.165) is 0 Å². The maximum Gasteiger partial charge on any atom is 0.322 e. The molecule has 9 nitrogen and oxygen atoms in total. The van der Waals surface area contributed by atoms with Crippen molar-refractivity contribution in [2.24, 2.45) is 11.8 Å². The zero-order valence-corrected chi connectivity index (χ0v) is 11.9. The van der Waals surface area contributed by atoms with Crippen molar-refractivity contribution >= 4 is 17.8 Å². The van der Waals surface area contributed by atoms with Gasteiger partial charge in [0.2, 0.25) is 17.8 Å². The van der Waals surface area contributed by atoms with E-state index in [4.69, 9.17) is 10.6 Å². The first-order chi connectivity index (χ1) is 9.55. The van der Waals surface area contributed by atoms with E-state index < -0.39 is 0 Å². The van der Waals surface area contributed by atoms with Crippen LogP contribution in [0.25, 0.3) is 0 Å². The number of nitrogen functional groups attached to an aromatic ring is 1. The second kappa shape index (κ2) is 8.10. The van der Waals surface area contributed by atoms with Gasteiger partial charge in [0.25, 0.3) is 0 Å². The third kappa shape index (κ3) is 5.65. The van der Waals surface area contributed by atoms with E-state index in [0.29, 0.717) is 31.4 Å². The molecule has 1 amide bonds. The molecule has 9 heteroatoms. The van der Waals surface area contributed by atoms with Crippen molar-refractivity contribution in [2.75, 3.05) is 30.9 Å². The first-order valence-electron chi connectivity index (χ1n) is 6.32. The number of hydrogen-bond donors (Lipinski definition) is 4. The highest BCUT2D eigenvalue weighted by Crippen LogP contribution is 2.09. The second-order valence-electron chi connectivity index (χ2n) is 4.49. The lowest BCUT2D eigenvalue weighted by molar-refractivity contribution is -0.120. The molecule has 0 aliphatic rings. The van der Waals surface area contributed by atoms with Gasteiger partial charge in [-0.1, -0.05) is 13.8 Å². The highest BCUT2D eigenvalue weighted by Gasteiger charge is 2.07. The summed E-state index contributed by atoms with van der Waals surface area (Å²) in [6, 6.07) is 0.139. The summed E-state index contributed by atoms with van der Waals surface area (Å²) >= 11 is 0. The first-order valence-corrected chi connectivity index (χ1v) is 6.32. The molecular formula is C11H21N7O2. The van der Waals surface area contributed by atoms with Crippen LogP contribution in [0.5, 0.6) is 6.01 Å². The number of anilines is 2. The van der Waals surface area contributed by atoms with Gasteiger partial charge in [0.05, 0.1) is 7.11 Å². The maximum atomic E-state index is 11.5. The number of nitrogens with two attached hydrogens (primary N) is 1. The van der Waals surface area contributed by atoms with Crippen LogP contribution in [-0.4, -0.2) is 41.1 Å². The molecule has 0 bridgehead atoms. The fraction of sp³-hybridized carbons (Fsp3) is 0.636. The molecule has 112 valence electrons. The predicted molar refractivity (Wildman–Crippen MR) is 75.1 cm³/mol. The molecule has 5 N–H and O–H groups in total. The minimum absolute atomic E-state index is 0.0237. The lowest BCUT2D eigenvalue weighted by atomic mass is 10.2. The summed E-state index contributed by atoms with van der Waals surface area (Å²) in [7, 11) is 1.44.